The molecule has 2 N–H and O–H groups in total. The van der Waals surface area contributed by atoms with Gasteiger partial charge in [0.25, 0.3) is 5.91 Å². The molecule has 7 nitrogen and oxygen atoms in total. The number of rotatable bonds is 4. The van der Waals surface area contributed by atoms with Crippen LogP contribution < -0.4 is 10.6 Å². The summed E-state index contributed by atoms with van der Waals surface area (Å²) in [4.78, 5) is 23.7. The van der Waals surface area contributed by atoms with Crippen LogP contribution in [0.3, 0.4) is 0 Å². The van der Waals surface area contributed by atoms with Gasteiger partial charge in [-0.2, -0.15) is 0 Å². The van der Waals surface area contributed by atoms with Gasteiger partial charge < -0.3 is 15.4 Å². The maximum Gasteiger partial charge on any atom is 0.407 e. The molecule has 0 unspecified atom stereocenters. The van der Waals surface area contributed by atoms with Crippen molar-refractivity contribution in [2.24, 2.45) is 0 Å². The molecule has 0 spiro atoms. The number of nitrogens with one attached hydrogen (secondary N) is 2. The van der Waals surface area contributed by atoms with Crippen LogP contribution in [0.15, 0.2) is 35.7 Å². The summed E-state index contributed by atoms with van der Waals surface area (Å²) in [6.07, 6.45) is 0.954. The van der Waals surface area contributed by atoms with Gasteiger partial charge in [-0.25, -0.2) is 13.2 Å². The molecule has 1 aromatic rings. The van der Waals surface area contributed by atoms with Gasteiger partial charge >= 0.3 is 6.09 Å². The Morgan fingerprint density at radius 1 is 1.20 bits per heavy atom. The molecule has 1 aliphatic rings. The zero-order chi connectivity index (χ0) is 18.7. The van der Waals surface area contributed by atoms with Crippen molar-refractivity contribution < 1.29 is 22.7 Å². The number of alkyl carbamates (subject to hydrolysis) is 1. The van der Waals surface area contributed by atoms with Crippen LogP contribution in [-0.2, 0) is 21.1 Å². The molecule has 1 aromatic carbocycles. The lowest BCUT2D eigenvalue weighted by atomic mass is 10.1. The van der Waals surface area contributed by atoms with Crippen LogP contribution in [-0.4, -0.2) is 37.8 Å². The maximum absolute atomic E-state index is 12.1. The zero-order valence-electron chi connectivity index (χ0n) is 14.4. The van der Waals surface area contributed by atoms with Crippen molar-refractivity contribution in [3.8, 4) is 0 Å². The molecule has 2 amide bonds. The van der Waals surface area contributed by atoms with E-state index in [0.717, 1.165) is 11.0 Å². The summed E-state index contributed by atoms with van der Waals surface area (Å²) in [5.74, 6) is -0.463. The number of ether oxygens (including phenoxy) is 1. The average molecular weight is 366 g/mol. The van der Waals surface area contributed by atoms with Crippen molar-refractivity contribution in [1.82, 2.24) is 10.6 Å². The molecule has 0 bridgehead atoms. The Labute approximate surface area is 147 Å². The molecule has 136 valence electrons. The van der Waals surface area contributed by atoms with Gasteiger partial charge in [-0.05, 0) is 44.5 Å². The molecular formula is C17H22N2O5S. The van der Waals surface area contributed by atoms with E-state index in [1.807, 2.05) is 0 Å². The van der Waals surface area contributed by atoms with Crippen molar-refractivity contribution in [1.29, 1.82) is 0 Å². The Balaban J connectivity index is 1.86. The molecule has 1 atom stereocenters. The normalized spacial score (nSPS) is 18.6. The molecule has 25 heavy (non-hydrogen) atoms. The van der Waals surface area contributed by atoms with Gasteiger partial charge in [0.05, 0.1) is 11.8 Å². The fourth-order valence-electron chi connectivity index (χ4n) is 2.18. The monoisotopic (exact) mass is 366 g/mol. The van der Waals surface area contributed by atoms with Crippen LogP contribution >= 0.6 is 0 Å². The van der Waals surface area contributed by atoms with Gasteiger partial charge in [0.15, 0.2) is 9.84 Å². The molecule has 2 rings (SSSR count). The Bertz CT molecular complexity index is 776. The van der Waals surface area contributed by atoms with Gasteiger partial charge in [-0.3, -0.25) is 4.79 Å². The van der Waals surface area contributed by atoms with Gasteiger partial charge in [0, 0.05) is 17.5 Å². The first-order valence-electron chi connectivity index (χ1n) is 7.82. The van der Waals surface area contributed by atoms with E-state index in [2.05, 4.69) is 10.6 Å². The minimum Gasteiger partial charge on any atom is -0.444 e. The Hall–Kier alpha value is -2.35. The first-order valence-corrected chi connectivity index (χ1v) is 9.53. The van der Waals surface area contributed by atoms with Crippen molar-refractivity contribution in [2.45, 2.75) is 39.0 Å². The standard InChI is InChI=1S/C17H22N2O5S/c1-17(2,3)24-16(21)18-10-12-4-6-13(7-5-12)15(20)19-14-8-9-25(22,23)11-14/h4-9,14H,10-11H2,1-3H3,(H,18,21)(H,19,20)/t14-/m1/s1. The Morgan fingerprint density at radius 2 is 1.84 bits per heavy atom. The smallest absolute Gasteiger partial charge is 0.407 e. The van der Waals surface area contributed by atoms with Gasteiger partial charge in [0.2, 0.25) is 0 Å². The van der Waals surface area contributed by atoms with E-state index in [-0.39, 0.29) is 18.2 Å². The van der Waals surface area contributed by atoms with Gasteiger partial charge in [0.1, 0.15) is 5.60 Å². The quantitative estimate of drug-likeness (QED) is 0.845. The summed E-state index contributed by atoms with van der Waals surface area (Å²) in [6, 6.07) is 6.16. The van der Waals surface area contributed by atoms with Crippen LogP contribution in [0.1, 0.15) is 36.7 Å². The number of sulfone groups is 1. The third kappa shape index (κ3) is 6.22. The fraction of sp³-hybridized carbons (Fsp3) is 0.412. The summed E-state index contributed by atoms with van der Waals surface area (Å²) in [6.45, 7) is 5.63. The molecule has 0 saturated carbocycles. The molecule has 0 fully saturated rings. The van der Waals surface area contributed by atoms with E-state index in [4.69, 9.17) is 4.74 Å². The summed E-state index contributed by atoms with van der Waals surface area (Å²) >= 11 is 0. The van der Waals surface area contributed by atoms with E-state index in [1.54, 1.807) is 45.0 Å². The van der Waals surface area contributed by atoms with Crippen molar-refractivity contribution in [2.75, 3.05) is 5.75 Å². The van der Waals surface area contributed by atoms with Gasteiger partial charge in [-0.1, -0.05) is 12.1 Å². The average Bonchev–Trinajstić information content (AvgIpc) is 2.83. The van der Waals surface area contributed by atoms with E-state index >= 15 is 0 Å². The second kappa shape index (κ2) is 7.26. The van der Waals surface area contributed by atoms with E-state index in [9.17, 15) is 18.0 Å². The number of hydrogen-bond donors (Lipinski definition) is 2. The van der Waals surface area contributed by atoms with Crippen molar-refractivity contribution in [3.63, 3.8) is 0 Å². The van der Waals surface area contributed by atoms with E-state index in [0.29, 0.717) is 5.56 Å². The maximum atomic E-state index is 12.1. The summed E-state index contributed by atoms with van der Waals surface area (Å²) in [5, 5.41) is 6.40. The highest BCUT2D eigenvalue weighted by atomic mass is 32.2. The van der Waals surface area contributed by atoms with Gasteiger partial charge in [-0.15, -0.1) is 0 Å². The van der Waals surface area contributed by atoms with Crippen molar-refractivity contribution >= 4 is 21.8 Å². The van der Waals surface area contributed by atoms with Crippen LogP contribution in [0.25, 0.3) is 0 Å². The lowest BCUT2D eigenvalue weighted by molar-refractivity contribution is 0.0523. The topological polar surface area (TPSA) is 102 Å². The predicted molar refractivity (Wildman–Crippen MR) is 93.7 cm³/mol. The number of benzene rings is 1. The zero-order valence-corrected chi connectivity index (χ0v) is 15.2. The van der Waals surface area contributed by atoms with Crippen LogP contribution in [0.2, 0.25) is 0 Å². The predicted octanol–water partition coefficient (Wildman–Crippen LogP) is 1.75. The van der Waals surface area contributed by atoms with Crippen molar-refractivity contribution in [3.05, 3.63) is 46.9 Å². The minimum atomic E-state index is -3.21. The van der Waals surface area contributed by atoms with Crippen LogP contribution in [0.4, 0.5) is 4.79 Å². The minimum absolute atomic E-state index is 0.114. The molecule has 0 radical (unpaired) electrons. The third-order valence-electron chi connectivity index (χ3n) is 3.30. The Morgan fingerprint density at radius 3 is 2.36 bits per heavy atom. The first kappa shape index (κ1) is 19.0. The van der Waals surface area contributed by atoms with E-state index in [1.165, 1.54) is 6.08 Å². The third-order valence-corrected chi connectivity index (χ3v) is 4.69. The highest BCUT2D eigenvalue weighted by molar-refractivity contribution is 7.94. The lowest BCUT2D eigenvalue weighted by Gasteiger charge is -2.19. The number of carbonyl (C=O) groups excluding carboxylic acids is 2. The fourth-order valence-corrected chi connectivity index (χ4v) is 3.42. The molecule has 1 aliphatic heterocycles. The summed E-state index contributed by atoms with van der Waals surface area (Å²) < 4.78 is 27.8. The summed E-state index contributed by atoms with van der Waals surface area (Å²) in [7, 11) is -3.21. The molecular weight excluding hydrogens is 344 g/mol. The lowest BCUT2D eigenvalue weighted by Crippen LogP contribution is -2.35. The Kier molecular flexibility index (Phi) is 5.52. The SMILES string of the molecule is CC(C)(C)OC(=O)NCc1ccc(C(=O)N[C@@H]2C=CS(=O)(=O)C2)cc1. The highest BCUT2D eigenvalue weighted by Crippen LogP contribution is 2.11. The molecule has 0 aliphatic carbocycles. The second-order valence-corrected chi connectivity index (χ2v) is 8.72. The number of carbonyl (C=O) groups is 2. The van der Waals surface area contributed by atoms with Crippen LogP contribution in [0.5, 0.6) is 0 Å². The molecule has 1 heterocycles. The first-order chi connectivity index (χ1) is 11.5. The largest absolute Gasteiger partial charge is 0.444 e. The second-order valence-electron chi connectivity index (χ2n) is 6.79. The molecule has 0 aromatic heterocycles. The van der Waals surface area contributed by atoms with Crippen LogP contribution in [0, 0.1) is 0 Å². The summed E-state index contributed by atoms with van der Waals surface area (Å²) in [5.41, 5.74) is 0.665. The van der Waals surface area contributed by atoms with E-state index < -0.39 is 27.6 Å². The highest BCUT2D eigenvalue weighted by Gasteiger charge is 2.23. The number of amides is 2. The molecule has 8 heteroatoms. The molecule has 0 saturated heterocycles. The number of hydrogen-bond acceptors (Lipinski definition) is 5.